The van der Waals surface area contributed by atoms with Crippen LogP contribution in [-0.4, -0.2) is 11.3 Å². The van der Waals surface area contributed by atoms with Crippen molar-refractivity contribution in [3.63, 3.8) is 0 Å². The average molecular weight is 131 g/mol. The molecular formula is C5H9NOS. The topological polar surface area (TPSA) is 29.1 Å². The zero-order valence-corrected chi connectivity index (χ0v) is 5.61. The van der Waals surface area contributed by atoms with Gasteiger partial charge in [-0.3, -0.25) is 4.79 Å². The molecule has 0 aromatic heterocycles. The van der Waals surface area contributed by atoms with Crippen LogP contribution in [0.1, 0.15) is 6.92 Å². The molecule has 0 saturated heterocycles. The maximum absolute atomic E-state index is 10.3. The van der Waals surface area contributed by atoms with Gasteiger partial charge in [0.05, 0.1) is 5.37 Å². The van der Waals surface area contributed by atoms with E-state index in [1.165, 1.54) is 6.08 Å². The molecule has 0 saturated carbocycles. The molecule has 8 heavy (non-hydrogen) atoms. The highest BCUT2D eigenvalue weighted by atomic mass is 32.1. The van der Waals surface area contributed by atoms with E-state index in [-0.39, 0.29) is 11.3 Å². The lowest BCUT2D eigenvalue weighted by Gasteiger charge is -2.01. The molecule has 2 nitrogen and oxygen atoms in total. The van der Waals surface area contributed by atoms with Crippen molar-refractivity contribution in [2.45, 2.75) is 12.3 Å². The van der Waals surface area contributed by atoms with E-state index in [2.05, 4.69) is 24.5 Å². The molecule has 0 radical (unpaired) electrons. The first-order valence-electron chi connectivity index (χ1n) is 2.28. The fourth-order valence-corrected chi connectivity index (χ4v) is 0.392. The van der Waals surface area contributed by atoms with Crippen molar-refractivity contribution < 1.29 is 4.79 Å². The van der Waals surface area contributed by atoms with Crippen molar-refractivity contribution in [3.05, 3.63) is 12.7 Å². The summed E-state index contributed by atoms with van der Waals surface area (Å²) in [5, 5.41) is 2.40. The van der Waals surface area contributed by atoms with Crippen LogP contribution in [0, 0.1) is 0 Å². The third-order valence-electron chi connectivity index (χ3n) is 0.537. The summed E-state index contributed by atoms with van der Waals surface area (Å²) in [6, 6.07) is 0. The second kappa shape index (κ2) is 3.55. The summed E-state index contributed by atoms with van der Waals surface area (Å²) in [7, 11) is 0. The minimum absolute atomic E-state index is 0.0968. The lowest BCUT2D eigenvalue weighted by atomic mass is 10.5. The SMILES string of the molecule is C=CC(=O)N[C@H](C)S. The normalized spacial score (nSPS) is 12.2. The van der Waals surface area contributed by atoms with Gasteiger partial charge in [0.1, 0.15) is 0 Å². The fourth-order valence-electron chi connectivity index (χ4n) is 0.265. The summed E-state index contributed by atoms with van der Waals surface area (Å²) in [5.41, 5.74) is 0. The Kier molecular flexibility index (Phi) is 3.35. The molecule has 46 valence electrons. The van der Waals surface area contributed by atoms with Gasteiger partial charge in [-0.05, 0) is 13.0 Å². The average Bonchev–Trinajstić information content (AvgIpc) is 1.65. The van der Waals surface area contributed by atoms with Gasteiger partial charge in [-0.1, -0.05) is 6.58 Å². The molecule has 3 heteroatoms. The molecule has 1 amide bonds. The summed E-state index contributed by atoms with van der Waals surface area (Å²) in [4.78, 5) is 10.3. The quantitative estimate of drug-likeness (QED) is 0.320. The second-order valence-electron chi connectivity index (χ2n) is 1.39. The first kappa shape index (κ1) is 7.56. The predicted octanol–water partition coefficient (Wildman–Crippen LogP) is 0.564. The van der Waals surface area contributed by atoms with Gasteiger partial charge >= 0.3 is 0 Å². The Balaban J connectivity index is 3.39. The van der Waals surface area contributed by atoms with E-state index in [0.717, 1.165) is 0 Å². The zero-order valence-electron chi connectivity index (χ0n) is 4.72. The van der Waals surface area contributed by atoms with Crippen molar-refractivity contribution in [2.75, 3.05) is 0 Å². The summed E-state index contributed by atoms with van der Waals surface area (Å²) in [5.74, 6) is -0.187. The first-order chi connectivity index (χ1) is 3.66. The van der Waals surface area contributed by atoms with Gasteiger partial charge < -0.3 is 5.32 Å². The van der Waals surface area contributed by atoms with Gasteiger partial charge in [0, 0.05) is 0 Å². The molecule has 0 bridgehead atoms. The van der Waals surface area contributed by atoms with Gasteiger partial charge in [0.15, 0.2) is 0 Å². The van der Waals surface area contributed by atoms with E-state index in [1.54, 1.807) is 6.92 Å². The molecule has 0 fully saturated rings. The van der Waals surface area contributed by atoms with Crippen LogP contribution >= 0.6 is 12.6 Å². The third kappa shape index (κ3) is 3.74. The number of rotatable bonds is 2. The van der Waals surface area contributed by atoms with Crippen LogP contribution in [0.2, 0.25) is 0 Å². The number of carbonyl (C=O) groups is 1. The standard InChI is InChI=1S/C5H9NOS/c1-3-5(7)6-4(2)8/h3-4,8H,1H2,2H3,(H,6,7)/t4-/m0/s1. The smallest absolute Gasteiger partial charge is 0.244 e. The molecule has 0 aliphatic carbocycles. The van der Waals surface area contributed by atoms with Crippen molar-refractivity contribution in [3.8, 4) is 0 Å². The molecule has 0 aliphatic heterocycles. The number of amides is 1. The highest BCUT2D eigenvalue weighted by Gasteiger charge is 1.94. The van der Waals surface area contributed by atoms with Gasteiger partial charge in [0.2, 0.25) is 5.91 Å². The van der Waals surface area contributed by atoms with Gasteiger partial charge in [-0.2, -0.15) is 12.6 Å². The number of hydrogen-bond acceptors (Lipinski definition) is 2. The van der Waals surface area contributed by atoms with Crippen molar-refractivity contribution in [1.29, 1.82) is 0 Å². The predicted molar refractivity (Wildman–Crippen MR) is 36.8 cm³/mol. The van der Waals surface area contributed by atoms with Crippen LogP contribution in [0.5, 0.6) is 0 Å². The van der Waals surface area contributed by atoms with E-state index in [9.17, 15) is 4.79 Å². The molecule has 0 aromatic carbocycles. The third-order valence-corrected chi connectivity index (χ3v) is 0.666. The molecule has 1 atom stereocenters. The maximum atomic E-state index is 10.3. The monoisotopic (exact) mass is 131 g/mol. The second-order valence-corrected chi connectivity index (χ2v) is 2.16. The number of thiol groups is 1. The van der Waals surface area contributed by atoms with E-state index < -0.39 is 0 Å². The summed E-state index contributed by atoms with van der Waals surface area (Å²) in [6.45, 7) is 5.04. The van der Waals surface area contributed by atoms with Gasteiger partial charge in [-0.15, -0.1) is 0 Å². The summed E-state index contributed by atoms with van der Waals surface area (Å²) in [6.07, 6.45) is 1.21. The molecule has 0 unspecified atom stereocenters. The van der Waals surface area contributed by atoms with Crippen molar-refractivity contribution in [2.24, 2.45) is 0 Å². The number of hydrogen-bond donors (Lipinski definition) is 2. The Hall–Kier alpha value is -0.440. The molecule has 0 rings (SSSR count). The van der Waals surface area contributed by atoms with Gasteiger partial charge in [0.25, 0.3) is 0 Å². The minimum Gasteiger partial charge on any atom is -0.341 e. The lowest BCUT2D eigenvalue weighted by Crippen LogP contribution is -2.26. The number of nitrogens with one attached hydrogen (secondary N) is 1. The fraction of sp³-hybridized carbons (Fsp3) is 0.400. The molecule has 0 spiro atoms. The minimum atomic E-state index is -0.187. The molecular weight excluding hydrogens is 122 g/mol. The van der Waals surface area contributed by atoms with Crippen LogP contribution in [0.15, 0.2) is 12.7 Å². The Labute approximate surface area is 54.4 Å². The Morgan fingerprint density at radius 3 is 2.62 bits per heavy atom. The molecule has 0 heterocycles. The van der Waals surface area contributed by atoms with Crippen LogP contribution in [0.3, 0.4) is 0 Å². The molecule has 0 aromatic rings. The van der Waals surface area contributed by atoms with E-state index in [1.807, 2.05) is 0 Å². The lowest BCUT2D eigenvalue weighted by molar-refractivity contribution is -0.116. The van der Waals surface area contributed by atoms with E-state index in [4.69, 9.17) is 0 Å². The van der Waals surface area contributed by atoms with Gasteiger partial charge in [-0.25, -0.2) is 0 Å². The highest BCUT2D eigenvalue weighted by Crippen LogP contribution is 1.84. The van der Waals surface area contributed by atoms with Crippen LogP contribution < -0.4 is 5.32 Å². The summed E-state index contributed by atoms with van der Waals surface area (Å²) < 4.78 is 0. The zero-order chi connectivity index (χ0) is 6.57. The number of carbonyl (C=O) groups excluding carboxylic acids is 1. The molecule has 0 aliphatic rings. The molecule has 1 N–H and O–H groups in total. The Morgan fingerprint density at radius 2 is 2.50 bits per heavy atom. The van der Waals surface area contributed by atoms with E-state index >= 15 is 0 Å². The highest BCUT2D eigenvalue weighted by molar-refractivity contribution is 7.80. The van der Waals surface area contributed by atoms with E-state index in [0.29, 0.717) is 0 Å². The first-order valence-corrected chi connectivity index (χ1v) is 2.79. The van der Waals surface area contributed by atoms with Crippen LogP contribution in [0.25, 0.3) is 0 Å². The largest absolute Gasteiger partial charge is 0.341 e. The van der Waals surface area contributed by atoms with Crippen molar-refractivity contribution in [1.82, 2.24) is 5.32 Å². The Morgan fingerprint density at radius 1 is 2.00 bits per heavy atom. The Bertz CT molecular complexity index is 101. The summed E-state index contributed by atoms with van der Waals surface area (Å²) >= 11 is 3.91. The maximum Gasteiger partial charge on any atom is 0.244 e. The van der Waals surface area contributed by atoms with Crippen LogP contribution in [-0.2, 0) is 4.79 Å². The van der Waals surface area contributed by atoms with Crippen LogP contribution in [0.4, 0.5) is 0 Å². The van der Waals surface area contributed by atoms with Crippen molar-refractivity contribution >= 4 is 18.5 Å².